The second-order valence-electron chi connectivity index (χ2n) is 5.19. The standard InChI is InChI=1S/C16H11ClN4O2S/c17-13-10-18-21(11-13)14-5-3-12(4-6-14)15-2-1-7-20-8-9-24(22,23)19-16(15)20/h1-11H. The van der Waals surface area contributed by atoms with E-state index in [4.69, 9.17) is 11.6 Å². The van der Waals surface area contributed by atoms with Crippen molar-refractivity contribution in [3.05, 3.63) is 77.2 Å². The van der Waals surface area contributed by atoms with Crippen LogP contribution in [0.3, 0.4) is 0 Å². The average Bonchev–Trinajstić information content (AvgIpc) is 3.00. The van der Waals surface area contributed by atoms with Crippen molar-refractivity contribution >= 4 is 33.0 Å². The van der Waals surface area contributed by atoms with Crippen LogP contribution in [0.2, 0.25) is 5.02 Å². The van der Waals surface area contributed by atoms with Gasteiger partial charge >= 0.3 is 0 Å². The number of fused-ring (bicyclic) bond motifs is 1. The Morgan fingerprint density at radius 1 is 1.08 bits per heavy atom. The van der Waals surface area contributed by atoms with E-state index in [-0.39, 0.29) is 0 Å². The zero-order chi connectivity index (χ0) is 16.7. The van der Waals surface area contributed by atoms with Gasteiger partial charge in [-0.15, -0.1) is 4.40 Å². The summed E-state index contributed by atoms with van der Waals surface area (Å²) in [5.41, 5.74) is 2.44. The molecular weight excluding hydrogens is 348 g/mol. The van der Waals surface area contributed by atoms with Crippen molar-refractivity contribution in [1.29, 1.82) is 0 Å². The van der Waals surface area contributed by atoms with Crippen molar-refractivity contribution in [2.45, 2.75) is 0 Å². The molecule has 0 atom stereocenters. The minimum Gasteiger partial charge on any atom is -0.307 e. The Balaban J connectivity index is 1.72. The van der Waals surface area contributed by atoms with Crippen molar-refractivity contribution in [2.75, 3.05) is 0 Å². The summed E-state index contributed by atoms with van der Waals surface area (Å²) >= 11 is 5.88. The highest BCUT2D eigenvalue weighted by Crippen LogP contribution is 2.26. The molecule has 6 nitrogen and oxygen atoms in total. The van der Waals surface area contributed by atoms with Gasteiger partial charge < -0.3 is 4.90 Å². The first-order valence-corrected chi connectivity index (χ1v) is 8.91. The van der Waals surface area contributed by atoms with Gasteiger partial charge in [0, 0.05) is 24.2 Å². The van der Waals surface area contributed by atoms with Crippen LogP contribution in [0.1, 0.15) is 5.56 Å². The predicted octanol–water partition coefficient (Wildman–Crippen LogP) is 2.95. The van der Waals surface area contributed by atoms with Crippen LogP contribution >= 0.6 is 11.6 Å². The number of rotatable bonds is 2. The number of hydrogen-bond acceptors (Lipinski definition) is 4. The van der Waals surface area contributed by atoms with Gasteiger partial charge in [0.1, 0.15) is 0 Å². The van der Waals surface area contributed by atoms with Crippen LogP contribution in [-0.2, 0) is 10.0 Å². The summed E-state index contributed by atoms with van der Waals surface area (Å²) in [6.45, 7) is 0. The molecule has 120 valence electrons. The molecule has 0 amide bonds. The van der Waals surface area contributed by atoms with Gasteiger partial charge in [0.2, 0.25) is 0 Å². The summed E-state index contributed by atoms with van der Waals surface area (Å²) < 4.78 is 29.0. The van der Waals surface area contributed by atoms with Crippen LogP contribution in [-0.4, -0.2) is 28.9 Å². The van der Waals surface area contributed by atoms with Gasteiger partial charge in [-0.2, -0.15) is 13.5 Å². The van der Waals surface area contributed by atoms with E-state index in [0.717, 1.165) is 22.2 Å². The Morgan fingerprint density at radius 3 is 2.58 bits per heavy atom. The SMILES string of the molecule is O=S1(=O)C=CN2C=CC=C(c3ccc(-n4cc(Cl)cn4)cc3)C2=N1. The van der Waals surface area contributed by atoms with Gasteiger partial charge in [-0.05, 0) is 29.8 Å². The third kappa shape index (κ3) is 2.68. The summed E-state index contributed by atoms with van der Waals surface area (Å²) in [6.07, 6.45) is 10.2. The molecule has 0 aliphatic carbocycles. The minimum atomic E-state index is -3.58. The molecule has 2 aliphatic heterocycles. The van der Waals surface area contributed by atoms with Crippen molar-refractivity contribution in [3.8, 4) is 5.69 Å². The van der Waals surface area contributed by atoms with Crippen LogP contribution in [0.5, 0.6) is 0 Å². The van der Waals surface area contributed by atoms with Crippen LogP contribution in [0.4, 0.5) is 0 Å². The van der Waals surface area contributed by atoms with Crippen LogP contribution in [0.15, 0.2) is 71.0 Å². The molecule has 2 aromatic rings. The molecule has 0 radical (unpaired) electrons. The molecule has 2 aliphatic rings. The summed E-state index contributed by atoms with van der Waals surface area (Å²) in [6, 6.07) is 7.55. The van der Waals surface area contributed by atoms with Gasteiger partial charge in [-0.3, -0.25) is 0 Å². The molecule has 1 aromatic heterocycles. The Hall–Kier alpha value is -2.64. The lowest BCUT2D eigenvalue weighted by Crippen LogP contribution is -2.27. The number of allylic oxidation sites excluding steroid dienone is 2. The first kappa shape index (κ1) is 14.9. The normalized spacial score (nSPS) is 18.1. The van der Waals surface area contributed by atoms with E-state index in [2.05, 4.69) is 9.50 Å². The minimum absolute atomic E-state index is 0.384. The molecule has 0 N–H and O–H groups in total. The number of amidine groups is 1. The molecule has 0 saturated heterocycles. The summed E-state index contributed by atoms with van der Waals surface area (Å²) in [4.78, 5) is 1.68. The van der Waals surface area contributed by atoms with Crippen LogP contribution in [0.25, 0.3) is 11.3 Å². The maximum Gasteiger partial charge on any atom is 0.278 e. The van der Waals surface area contributed by atoms with Crippen molar-refractivity contribution in [2.24, 2.45) is 4.40 Å². The number of benzene rings is 1. The topological polar surface area (TPSA) is 67.6 Å². The van der Waals surface area contributed by atoms with Gasteiger partial charge in [-0.25, -0.2) is 4.68 Å². The van der Waals surface area contributed by atoms with E-state index in [9.17, 15) is 8.42 Å². The molecule has 0 bridgehead atoms. The molecule has 4 rings (SSSR count). The fraction of sp³-hybridized carbons (Fsp3) is 0. The number of nitrogens with zero attached hydrogens (tertiary/aromatic N) is 4. The lowest BCUT2D eigenvalue weighted by molar-refractivity contribution is 0.602. The van der Waals surface area contributed by atoms with E-state index in [0.29, 0.717) is 10.9 Å². The first-order chi connectivity index (χ1) is 11.5. The number of aromatic nitrogens is 2. The highest BCUT2D eigenvalue weighted by molar-refractivity contribution is 7.93. The third-order valence-electron chi connectivity index (χ3n) is 3.60. The van der Waals surface area contributed by atoms with Crippen molar-refractivity contribution in [3.63, 3.8) is 0 Å². The Bertz CT molecular complexity index is 1030. The van der Waals surface area contributed by atoms with E-state index >= 15 is 0 Å². The molecule has 24 heavy (non-hydrogen) atoms. The van der Waals surface area contributed by atoms with Crippen molar-refractivity contribution < 1.29 is 8.42 Å². The quantitative estimate of drug-likeness (QED) is 0.827. The maximum atomic E-state index is 11.7. The summed E-state index contributed by atoms with van der Waals surface area (Å²) in [5, 5.41) is 5.79. The molecule has 0 spiro atoms. The second kappa shape index (κ2) is 5.47. The highest BCUT2D eigenvalue weighted by atomic mass is 35.5. The zero-order valence-corrected chi connectivity index (χ0v) is 13.8. The number of sulfonamides is 1. The smallest absolute Gasteiger partial charge is 0.278 e. The first-order valence-electron chi connectivity index (χ1n) is 7.03. The Labute approximate surface area is 143 Å². The molecule has 0 saturated carbocycles. The average molecular weight is 359 g/mol. The van der Waals surface area contributed by atoms with Gasteiger partial charge in [-0.1, -0.05) is 23.7 Å². The highest BCUT2D eigenvalue weighted by Gasteiger charge is 2.23. The lowest BCUT2D eigenvalue weighted by Gasteiger charge is -2.25. The van der Waals surface area contributed by atoms with Gasteiger partial charge in [0.15, 0.2) is 5.84 Å². The predicted molar refractivity (Wildman–Crippen MR) is 93.0 cm³/mol. The third-order valence-corrected chi connectivity index (χ3v) is 4.68. The second-order valence-corrected chi connectivity index (χ2v) is 7.12. The van der Waals surface area contributed by atoms with Gasteiger partial charge in [0.05, 0.1) is 22.3 Å². The van der Waals surface area contributed by atoms with Crippen LogP contribution in [0, 0.1) is 0 Å². The maximum absolute atomic E-state index is 11.7. The zero-order valence-electron chi connectivity index (χ0n) is 12.2. The number of halogens is 1. The molecule has 0 fully saturated rings. The Morgan fingerprint density at radius 2 is 1.88 bits per heavy atom. The summed E-state index contributed by atoms with van der Waals surface area (Å²) in [7, 11) is -3.58. The molecular formula is C16H11ClN4O2S. The monoisotopic (exact) mass is 358 g/mol. The largest absolute Gasteiger partial charge is 0.307 e. The van der Waals surface area contributed by atoms with E-state index in [1.165, 1.54) is 6.20 Å². The van der Waals surface area contributed by atoms with E-state index in [1.54, 1.807) is 28.2 Å². The lowest BCUT2D eigenvalue weighted by atomic mass is 10.0. The molecule has 1 aromatic carbocycles. The van der Waals surface area contributed by atoms with E-state index in [1.807, 2.05) is 36.4 Å². The molecule has 0 unspecified atom stereocenters. The Kier molecular flexibility index (Phi) is 3.40. The molecule has 3 heterocycles. The van der Waals surface area contributed by atoms with Gasteiger partial charge in [0.25, 0.3) is 10.0 Å². The summed E-state index contributed by atoms with van der Waals surface area (Å²) in [5.74, 6) is 0.384. The van der Waals surface area contributed by atoms with Crippen LogP contribution < -0.4 is 0 Å². The number of hydrogen-bond donors (Lipinski definition) is 0. The van der Waals surface area contributed by atoms with E-state index < -0.39 is 10.0 Å². The fourth-order valence-electron chi connectivity index (χ4n) is 2.49. The molecule has 8 heteroatoms. The van der Waals surface area contributed by atoms with Crippen molar-refractivity contribution in [1.82, 2.24) is 14.7 Å². The fourth-order valence-corrected chi connectivity index (χ4v) is 3.40.